The van der Waals surface area contributed by atoms with E-state index in [1.165, 1.54) is 23.1 Å². The smallest absolute Gasteiger partial charge is 0.406 e. The second kappa shape index (κ2) is 10.8. The Bertz CT molecular complexity index is 1520. The van der Waals surface area contributed by atoms with Crippen LogP contribution in [0, 0.1) is 6.92 Å². The molecule has 41 heavy (non-hydrogen) atoms. The van der Waals surface area contributed by atoms with Crippen molar-refractivity contribution < 1.29 is 36.2 Å². The number of aliphatic hydroxyl groups is 1. The second-order valence-corrected chi connectivity index (χ2v) is 10.3. The lowest BCUT2D eigenvalue weighted by molar-refractivity contribution is -0.274. The van der Waals surface area contributed by atoms with E-state index in [4.69, 9.17) is 0 Å². The van der Waals surface area contributed by atoms with Crippen LogP contribution in [0.3, 0.4) is 0 Å². The van der Waals surface area contributed by atoms with Crippen LogP contribution in [0.5, 0.6) is 5.75 Å². The number of para-hydroxylation sites is 1. The number of halogens is 6. The number of rotatable bonds is 7. The maximum absolute atomic E-state index is 13.4. The number of anilines is 1. The standard InChI is InChI=1S/C32H27F6NO2/c1-21-14-15-24(17-26(21)23-9-3-2-4-10-23)30(18-22-8-7-11-25(16-22)41-32(36,37)38)20-39(19-29(40)31(33,34)35)28-13-6-5-12-27(28)30/h2-17,29,40H,18-20H2,1H3/t29-,30?/m1/s1. The van der Waals surface area contributed by atoms with E-state index < -0.39 is 30.6 Å². The van der Waals surface area contributed by atoms with Crippen molar-refractivity contribution in [1.29, 1.82) is 0 Å². The number of benzene rings is 4. The molecule has 0 spiro atoms. The molecule has 1 heterocycles. The number of aliphatic hydroxyl groups excluding tert-OH is 1. The van der Waals surface area contributed by atoms with Gasteiger partial charge in [0.05, 0.1) is 6.54 Å². The minimum atomic E-state index is -4.87. The van der Waals surface area contributed by atoms with Gasteiger partial charge in [0.2, 0.25) is 0 Å². The molecule has 4 aromatic rings. The molecule has 9 heteroatoms. The number of aryl methyl sites for hydroxylation is 1. The summed E-state index contributed by atoms with van der Waals surface area (Å²) in [4.78, 5) is 1.51. The highest BCUT2D eigenvalue weighted by molar-refractivity contribution is 5.72. The summed E-state index contributed by atoms with van der Waals surface area (Å²) in [5, 5.41) is 9.99. The van der Waals surface area contributed by atoms with Gasteiger partial charge in [0.25, 0.3) is 0 Å². The van der Waals surface area contributed by atoms with Crippen molar-refractivity contribution in [1.82, 2.24) is 0 Å². The largest absolute Gasteiger partial charge is 0.573 e. The van der Waals surface area contributed by atoms with Gasteiger partial charge in [-0.3, -0.25) is 0 Å². The number of alkyl halides is 6. The second-order valence-electron chi connectivity index (χ2n) is 10.3. The first-order valence-electron chi connectivity index (χ1n) is 13.0. The predicted octanol–water partition coefficient (Wildman–Crippen LogP) is 7.83. The Labute approximate surface area is 233 Å². The zero-order chi connectivity index (χ0) is 29.4. The van der Waals surface area contributed by atoms with E-state index in [1.54, 1.807) is 24.3 Å². The molecule has 0 saturated heterocycles. The van der Waals surface area contributed by atoms with Gasteiger partial charge in [-0.05, 0) is 71.0 Å². The van der Waals surface area contributed by atoms with Crippen LogP contribution in [0.4, 0.5) is 32.0 Å². The molecule has 0 aromatic heterocycles. The summed E-state index contributed by atoms with van der Waals surface area (Å²) >= 11 is 0. The molecule has 0 fully saturated rings. The first-order valence-corrected chi connectivity index (χ1v) is 13.0. The number of hydrogen-bond acceptors (Lipinski definition) is 3. The topological polar surface area (TPSA) is 32.7 Å². The van der Waals surface area contributed by atoms with E-state index in [1.807, 2.05) is 61.5 Å². The summed E-state index contributed by atoms with van der Waals surface area (Å²) in [7, 11) is 0. The summed E-state index contributed by atoms with van der Waals surface area (Å²) in [5.74, 6) is -0.380. The van der Waals surface area contributed by atoms with Crippen LogP contribution in [0.25, 0.3) is 11.1 Å². The fourth-order valence-corrected chi connectivity index (χ4v) is 5.67. The van der Waals surface area contributed by atoms with Gasteiger partial charge in [-0.1, -0.05) is 72.8 Å². The summed E-state index contributed by atoms with van der Waals surface area (Å²) in [6.45, 7) is 1.35. The molecule has 2 atom stereocenters. The zero-order valence-corrected chi connectivity index (χ0v) is 22.0. The molecular formula is C32H27F6NO2. The summed E-state index contributed by atoms with van der Waals surface area (Å²) in [5.41, 5.74) is 4.49. The number of nitrogens with zero attached hydrogens (tertiary/aromatic N) is 1. The van der Waals surface area contributed by atoms with Gasteiger partial charge in [-0.2, -0.15) is 13.2 Å². The fourth-order valence-electron chi connectivity index (χ4n) is 5.67. The maximum atomic E-state index is 13.4. The van der Waals surface area contributed by atoms with Crippen LogP contribution in [-0.4, -0.2) is 36.8 Å². The Morgan fingerprint density at radius 1 is 0.854 bits per heavy atom. The van der Waals surface area contributed by atoms with Gasteiger partial charge < -0.3 is 14.7 Å². The van der Waals surface area contributed by atoms with E-state index in [0.717, 1.165) is 27.8 Å². The Morgan fingerprint density at radius 3 is 2.27 bits per heavy atom. The fraction of sp³-hybridized carbons (Fsp3) is 0.250. The molecule has 0 bridgehead atoms. The van der Waals surface area contributed by atoms with Gasteiger partial charge in [0.15, 0.2) is 6.10 Å². The van der Waals surface area contributed by atoms with Crippen molar-refractivity contribution in [2.45, 2.75) is 37.4 Å². The number of fused-ring (bicyclic) bond motifs is 1. The minimum absolute atomic E-state index is 0.0706. The van der Waals surface area contributed by atoms with Crippen LogP contribution in [0.1, 0.15) is 22.3 Å². The number of β-amino-alcohol motifs (C(OH)–C–C–N with tert-alkyl or cyclic N) is 1. The molecule has 4 aromatic carbocycles. The Hall–Kier alpha value is -3.98. The van der Waals surface area contributed by atoms with E-state index in [9.17, 15) is 31.4 Å². The lowest BCUT2D eigenvalue weighted by Gasteiger charge is -2.33. The Kier molecular flexibility index (Phi) is 7.50. The Morgan fingerprint density at radius 2 is 1.56 bits per heavy atom. The lowest BCUT2D eigenvalue weighted by atomic mass is 9.71. The highest BCUT2D eigenvalue weighted by atomic mass is 19.4. The first kappa shape index (κ1) is 28.5. The molecule has 1 aliphatic heterocycles. The highest BCUT2D eigenvalue weighted by Gasteiger charge is 2.47. The quantitative estimate of drug-likeness (QED) is 0.230. The molecular weight excluding hydrogens is 544 g/mol. The summed E-state index contributed by atoms with van der Waals surface area (Å²) in [6, 6.07) is 28.2. The minimum Gasteiger partial charge on any atom is -0.406 e. The van der Waals surface area contributed by atoms with Crippen molar-refractivity contribution in [3.8, 4) is 16.9 Å². The van der Waals surface area contributed by atoms with E-state index >= 15 is 0 Å². The molecule has 0 aliphatic carbocycles. The zero-order valence-electron chi connectivity index (χ0n) is 22.0. The van der Waals surface area contributed by atoms with Crippen molar-refractivity contribution >= 4 is 5.69 Å². The molecule has 1 aliphatic rings. The van der Waals surface area contributed by atoms with Gasteiger partial charge in [-0.25, -0.2) is 0 Å². The van der Waals surface area contributed by atoms with Crippen molar-refractivity contribution in [2.75, 3.05) is 18.0 Å². The summed E-state index contributed by atoms with van der Waals surface area (Å²) < 4.78 is 83.4. The van der Waals surface area contributed by atoms with Crippen LogP contribution in [0.2, 0.25) is 0 Å². The van der Waals surface area contributed by atoms with Crippen molar-refractivity contribution in [3.63, 3.8) is 0 Å². The average molecular weight is 572 g/mol. The summed E-state index contributed by atoms with van der Waals surface area (Å²) in [6.07, 6.45) is -12.1. The van der Waals surface area contributed by atoms with Crippen molar-refractivity contribution in [2.24, 2.45) is 0 Å². The van der Waals surface area contributed by atoms with E-state index in [0.29, 0.717) is 11.3 Å². The van der Waals surface area contributed by atoms with E-state index in [-0.39, 0.29) is 18.7 Å². The molecule has 0 saturated carbocycles. The third kappa shape index (κ3) is 6.05. The van der Waals surface area contributed by atoms with Crippen LogP contribution < -0.4 is 9.64 Å². The SMILES string of the molecule is Cc1ccc(C2(Cc3cccc(OC(F)(F)F)c3)CN(C[C@@H](O)C(F)(F)F)c3ccccc32)cc1-c1ccccc1. The van der Waals surface area contributed by atoms with Gasteiger partial charge in [0, 0.05) is 17.6 Å². The molecule has 1 unspecified atom stereocenters. The van der Waals surface area contributed by atoms with Crippen LogP contribution in [0.15, 0.2) is 97.1 Å². The van der Waals surface area contributed by atoms with Gasteiger partial charge in [0.1, 0.15) is 5.75 Å². The average Bonchev–Trinajstić information content (AvgIpc) is 3.22. The van der Waals surface area contributed by atoms with E-state index in [2.05, 4.69) is 4.74 Å². The Balaban J connectivity index is 1.66. The van der Waals surface area contributed by atoms with Gasteiger partial charge in [-0.15, -0.1) is 13.2 Å². The number of hydrogen-bond donors (Lipinski definition) is 1. The van der Waals surface area contributed by atoms with Crippen LogP contribution >= 0.6 is 0 Å². The lowest BCUT2D eigenvalue weighted by Crippen LogP contribution is -2.44. The maximum Gasteiger partial charge on any atom is 0.573 e. The molecule has 0 radical (unpaired) electrons. The van der Waals surface area contributed by atoms with Crippen LogP contribution in [-0.2, 0) is 11.8 Å². The normalized spacial score (nSPS) is 17.8. The molecule has 3 nitrogen and oxygen atoms in total. The molecule has 5 rings (SSSR count). The van der Waals surface area contributed by atoms with Gasteiger partial charge >= 0.3 is 12.5 Å². The predicted molar refractivity (Wildman–Crippen MR) is 145 cm³/mol. The molecule has 1 N–H and O–H groups in total. The monoisotopic (exact) mass is 571 g/mol. The molecule has 214 valence electrons. The third-order valence-electron chi connectivity index (χ3n) is 7.51. The van der Waals surface area contributed by atoms with Crippen molar-refractivity contribution in [3.05, 3.63) is 119 Å². The molecule has 0 amide bonds. The number of ether oxygens (including phenoxy) is 1. The first-order chi connectivity index (χ1) is 19.4. The third-order valence-corrected chi connectivity index (χ3v) is 7.51. The highest BCUT2D eigenvalue weighted by Crippen LogP contribution is 2.48.